The second kappa shape index (κ2) is 6.01. The van der Waals surface area contributed by atoms with Gasteiger partial charge >= 0.3 is 0 Å². The number of hydrogen-bond donors (Lipinski definition) is 1. The van der Waals surface area contributed by atoms with Crippen molar-refractivity contribution in [3.8, 4) is 0 Å². The van der Waals surface area contributed by atoms with Crippen LogP contribution in [-0.2, 0) is 13.5 Å². The zero-order valence-corrected chi connectivity index (χ0v) is 11.6. The second-order valence-corrected chi connectivity index (χ2v) is 5.00. The highest BCUT2D eigenvalue weighted by Gasteiger charge is 2.13. The van der Waals surface area contributed by atoms with Crippen LogP contribution in [0.15, 0.2) is 24.3 Å². The molecule has 0 fully saturated rings. The molecule has 0 aliphatic rings. The minimum absolute atomic E-state index is 0.679. The average molecular weight is 245 g/mol. The first kappa shape index (κ1) is 13.1. The molecule has 1 unspecified atom stereocenters. The molecule has 1 aromatic carbocycles. The van der Waals surface area contributed by atoms with Crippen LogP contribution in [0.4, 0.5) is 0 Å². The normalized spacial score (nSPS) is 13.1. The SMILES string of the molecule is CCCC(CNC)Cc1nn(C)c2ccccc12. The fourth-order valence-electron chi connectivity index (χ4n) is 2.69. The highest BCUT2D eigenvalue weighted by molar-refractivity contribution is 5.81. The number of nitrogens with zero attached hydrogens (tertiary/aromatic N) is 2. The Morgan fingerprint density at radius 3 is 2.83 bits per heavy atom. The van der Waals surface area contributed by atoms with Crippen LogP contribution in [0, 0.1) is 5.92 Å². The first-order valence-electron chi connectivity index (χ1n) is 6.81. The van der Waals surface area contributed by atoms with E-state index in [1.807, 2.05) is 18.8 Å². The van der Waals surface area contributed by atoms with Crippen molar-refractivity contribution in [1.82, 2.24) is 15.1 Å². The molecule has 1 heterocycles. The van der Waals surface area contributed by atoms with Gasteiger partial charge in [0, 0.05) is 12.4 Å². The van der Waals surface area contributed by atoms with Crippen molar-refractivity contribution in [2.24, 2.45) is 13.0 Å². The van der Waals surface area contributed by atoms with Crippen LogP contribution < -0.4 is 5.32 Å². The molecule has 2 aromatic rings. The van der Waals surface area contributed by atoms with Crippen molar-refractivity contribution in [1.29, 1.82) is 0 Å². The molecular formula is C15H23N3. The topological polar surface area (TPSA) is 29.9 Å². The summed E-state index contributed by atoms with van der Waals surface area (Å²) < 4.78 is 1.99. The predicted octanol–water partition coefficient (Wildman–Crippen LogP) is 2.75. The van der Waals surface area contributed by atoms with Crippen LogP contribution in [-0.4, -0.2) is 23.4 Å². The van der Waals surface area contributed by atoms with E-state index in [0.29, 0.717) is 5.92 Å². The van der Waals surface area contributed by atoms with Crippen molar-refractivity contribution in [3.05, 3.63) is 30.0 Å². The zero-order chi connectivity index (χ0) is 13.0. The van der Waals surface area contributed by atoms with E-state index >= 15 is 0 Å². The van der Waals surface area contributed by atoms with E-state index < -0.39 is 0 Å². The van der Waals surface area contributed by atoms with Gasteiger partial charge in [-0.25, -0.2) is 0 Å². The molecule has 98 valence electrons. The molecule has 0 aliphatic heterocycles. The maximum atomic E-state index is 4.68. The number of aromatic nitrogens is 2. The quantitative estimate of drug-likeness (QED) is 0.848. The minimum Gasteiger partial charge on any atom is -0.319 e. The van der Waals surface area contributed by atoms with Gasteiger partial charge in [-0.15, -0.1) is 0 Å². The third kappa shape index (κ3) is 2.72. The van der Waals surface area contributed by atoms with Gasteiger partial charge in [0.25, 0.3) is 0 Å². The van der Waals surface area contributed by atoms with Crippen molar-refractivity contribution >= 4 is 10.9 Å². The summed E-state index contributed by atoms with van der Waals surface area (Å²) in [4.78, 5) is 0. The fraction of sp³-hybridized carbons (Fsp3) is 0.533. The van der Waals surface area contributed by atoms with Gasteiger partial charge in [0.2, 0.25) is 0 Å². The van der Waals surface area contributed by atoms with Gasteiger partial charge in [0.15, 0.2) is 0 Å². The molecule has 0 radical (unpaired) electrons. The Balaban J connectivity index is 2.24. The molecule has 0 saturated carbocycles. The van der Waals surface area contributed by atoms with Crippen LogP contribution in [0.5, 0.6) is 0 Å². The molecule has 3 heteroatoms. The lowest BCUT2D eigenvalue weighted by molar-refractivity contribution is 0.451. The van der Waals surface area contributed by atoms with Crippen LogP contribution in [0.25, 0.3) is 10.9 Å². The van der Waals surface area contributed by atoms with Crippen molar-refractivity contribution < 1.29 is 0 Å². The maximum absolute atomic E-state index is 4.68. The van der Waals surface area contributed by atoms with Crippen LogP contribution in [0.3, 0.4) is 0 Å². The molecule has 0 saturated heterocycles. The van der Waals surface area contributed by atoms with Gasteiger partial charge < -0.3 is 5.32 Å². The summed E-state index contributed by atoms with van der Waals surface area (Å²) in [6.07, 6.45) is 3.55. The van der Waals surface area contributed by atoms with Crippen molar-refractivity contribution in [2.45, 2.75) is 26.2 Å². The maximum Gasteiger partial charge on any atom is 0.0706 e. The van der Waals surface area contributed by atoms with Gasteiger partial charge in [0.1, 0.15) is 0 Å². The van der Waals surface area contributed by atoms with Crippen molar-refractivity contribution in [2.75, 3.05) is 13.6 Å². The van der Waals surface area contributed by atoms with Crippen LogP contribution >= 0.6 is 0 Å². The van der Waals surface area contributed by atoms with E-state index in [9.17, 15) is 0 Å². The molecule has 0 spiro atoms. The summed E-state index contributed by atoms with van der Waals surface area (Å²) in [5.74, 6) is 0.679. The molecular weight excluding hydrogens is 222 g/mol. The monoisotopic (exact) mass is 245 g/mol. The molecule has 2 rings (SSSR count). The first-order chi connectivity index (χ1) is 8.76. The highest BCUT2D eigenvalue weighted by Crippen LogP contribution is 2.21. The Morgan fingerprint density at radius 2 is 2.11 bits per heavy atom. The van der Waals surface area contributed by atoms with Gasteiger partial charge in [-0.1, -0.05) is 31.5 Å². The van der Waals surface area contributed by atoms with Gasteiger partial charge in [-0.05, 0) is 38.4 Å². The molecule has 18 heavy (non-hydrogen) atoms. The van der Waals surface area contributed by atoms with Gasteiger partial charge in [-0.2, -0.15) is 5.10 Å². The Kier molecular flexibility index (Phi) is 4.37. The molecule has 3 nitrogen and oxygen atoms in total. The molecule has 1 atom stereocenters. The number of hydrogen-bond acceptors (Lipinski definition) is 2. The van der Waals surface area contributed by atoms with E-state index in [-0.39, 0.29) is 0 Å². The zero-order valence-electron chi connectivity index (χ0n) is 11.6. The Morgan fingerprint density at radius 1 is 1.33 bits per heavy atom. The standard InChI is InChI=1S/C15H23N3/c1-4-7-12(11-16-2)10-14-13-8-5-6-9-15(13)18(3)17-14/h5-6,8-9,12,16H,4,7,10-11H2,1-3H3. The van der Waals surface area contributed by atoms with E-state index in [1.54, 1.807) is 0 Å². The first-order valence-corrected chi connectivity index (χ1v) is 6.81. The second-order valence-electron chi connectivity index (χ2n) is 5.00. The summed E-state index contributed by atoms with van der Waals surface area (Å²) in [5.41, 5.74) is 2.47. The molecule has 1 N–H and O–H groups in total. The minimum atomic E-state index is 0.679. The van der Waals surface area contributed by atoms with Crippen molar-refractivity contribution in [3.63, 3.8) is 0 Å². The lowest BCUT2D eigenvalue weighted by Gasteiger charge is -2.14. The van der Waals surface area contributed by atoms with Gasteiger partial charge in [0.05, 0.1) is 11.2 Å². The number of para-hydroxylation sites is 1. The number of aryl methyl sites for hydroxylation is 1. The Labute approximate surface area is 109 Å². The van der Waals surface area contributed by atoms with E-state index in [2.05, 4.69) is 41.6 Å². The largest absolute Gasteiger partial charge is 0.319 e. The number of fused-ring (bicyclic) bond motifs is 1. The number of nitrogens with one attached hydrogen (secondary N) is 1. The van der Waals surface area contributed by atoms with Crippen LogP contribution in [0.2, 0.25) is 0 Å². The number of benzene rings is 1. The van der Waals surface area contributed by atoms with E-state index in [0.717, 1.165) is 13.0 Å². The molecule has 0 amide bonds. The van der Waals surface area contributed by atoms with E-state index in [4.69, 9.17) is 0 Å². The Hall–Kier alpha value is -1.35. The third-order valence-corrected chi connectivity index (χ3v) is 3.51. The summed E-state index contributed by atoms with van der Waals surface area (Å²) in [7, 11) is 4.05. The molecule has 0 bridgehead atoms. The summed E-state index contributed by atoms with van der Waals surface area (Å²) >= 11 is 0. The fourth-order valence-corrected chi connectivity index (χ4v) is 2.69. The van der Waals surface area contributed by atoms with E-state index in [1.165, 1.54) is 29.4 Å². The molecule has 0 aliphatic carbocycles. The summed E-state index contributed by atoms with van der Waals surface area (Å²) in [6.45, 7) is 3.32. The highest BCUT2D eigenvalue weighted by atomic mass is 15.3. The summed E-state index contributed by atoms with van der Waals surface area (Å²) in [5, 5.41) is 9.28. The summed E-state index contributed by atoms with van der Waals surface area (Å²) in [6, 6.07) is 8.49. The molecule has 1 aromatic heterocycles. The number of rotatable bonds is 6. The van der Waals surface area contributed by atoms with Gasteiger partial charge in [-0.3, -0.25) is 4.68 Å². The Bertz CT molecular complexity index is 495. The van der Waals surface area contributed by atoms with Crippen LogP contribution in [0.1, 0.15) is 25.5 Å². The predicted molar refractivity (Wildman–Crippen MR) is 76.7 cm³/mol. The third-order valence-electron chi connectivity index (χ3n) is 3.51. The smallest absolute Gasteiger partial charge is 0.0706 e. The lowest BCUT2D eigenvalue weighted by Crippen LogP contribution is -2.21. The lowest BCUT2D eigenvalue weighted by atomic mass is 9.96. The average Bonchev–Trinajstić information content (AvgIpc) is 2.68.